The molecule has 2 nitrogen and oxygen atoms in total. The minimum Gasteiger partial charge on any atom is -0.313 e. The van der Waals surface area contributed by atoms with E-state index in [1.54, 1.807) is 0 Å². The molecule has 2 fully saturated rings. The van der Waals surface area contributed by atoms with Gasteiger partial charge in [-0.25, -0.2) is 0 Å². The Morgan fingerprint density at radius 1 is 1.11 bits per heavy atom. The lowest BCUT2D eigenvalue weighted by molar-refractivity contribution is 0.0337. The average molecular weight is 252 g/mol. The molecule has 1 saturated carbocycles. The van der Waals surface area contributed by atoms with Crippen molar-refractivity contribution < 1.29 is 0 Å². The van der Waals surface area contributed by atoms with E-state index in [9.17, 15) is 0 Å². The Morgan fingerprint density at radius 2 is 1.72 bits per heavy atom. The summed E-state index contributed by atoms with van der Waals surface area (Å²) in [6.45, 7) is 15.7. The summed E-state index contributed by atoms with van der Waals surface area (Å²) >= 11 is 0. The second kappa shape index (κ2) is 5.13. The summed E-state index contributed by atoms with van der Waals surface area (Å²) in [5, 5.41) is 3.61. The molecule has 1 aliphatic heterocycles. The van der Waals surface area contributed by atoms with Gasteiger partial charge in [0.1, 0.15) is 0 Å². The van der Waals surface area contributed by atoms with Crippen molar-refractivity contribution in [2.45, 2.75) is 72.4 Å². The van der Waals surface area contributed by atoms with Crippen LogP contribution in [0.15, 0.2) is 0 Å². The van der Waals surface area contributed by atoms with Crippen molar-refractivity contribution in [1.82, 2.24) is 10.2 Å². The van der Waals surface area contributed by atoms with Crippen molar-refractivity contribution in [3.63, 3.8) is 0 Å². The molecular weight excluding hydrogens is 220 g/mol. The van der Waals surface area contributed by atoms with Crippen LogP contribution >= 0.6 is 0 Å². The molecule has 106 valence electrons. The van der Waals surface area contributed by atoms with Crippen LogP contribution < -0.4 is 5.32 Å². The Balaban J connectivity index is 1.97. The van der Waals surface area contributed by atoms with E-state index in [1.165, 1.54) is 38.8 Å². The van der Waals surface area contributed by atoms with Gasteiger partial charge < -0.3 is 5.32 Å². The first-order chi connectivity index (χ1) is 8.31. The largest absolute Gasteiger partial charge is 0.313 e. The highest BCUT2D eigenvalue weighted by molar-refractivity contribution is 4.96. The highest BCUT2D eigenvalue weighted by Crippen LogP contribution is 2.47. The summed E-state index contributed by atoms with van der Waals surface area (Å²) in [6.07, 6.45) is 5.48. The van der Waals surface area contributed by atoms with Gasteiger partial charge in [0.05, 0.1) is 0 Å². The third-order valence-corrected chi connectivity index (χ3v) is 4.76. The SMILES string of the molecule is CCNC1CCN(C2CC(C)(C)CC(C)(C)C2)C1. The standard InChI is InChI=1S/C16H32N2/c1-6-17-13-7-8-18(11-13)14-9-15(2,3)12-16(4,5)10-14/h13-14,17H,6-12H2,1-5H3. The molecule has 0 radical (unpaired) electrons. The molecule has 18 heavy (non-hydrogen) atoms. The fourth-order valence-electron chi connectivity index (χ4n) is 4.62. The molecular formula is C16H32N2. The van der Waals surface area contributed by atoms with Crippen molar-refractivity contribution in [2.24, 2.45) is 10.8 Å². The number of rotatable bonds is 3. The van der Waals surface area contributed by atoms with E-state index in [4.69, 9.17) is 0 Å². The zero-order valence-corrected chi connectivity index (χ0v) is 13.1. The molecule has 1 saturated heterocycles. The van der Waals surface area contributed by atoms with Gasteiger partial charge in [0.15, 0.2) is 0 Å². The van der Waals surface area contributed by atoms with Crippen LogP contribution in [0.25, 0.3) is 0 Å². The quantitative estimate of drug-likeness (QED) is 0.829. The third-order valence-electron chi connectivity index (χ3n) is 4.76. The van der Waals surface area contributed by atoms with E-state index in [1.807, 2.05) is 0 Å². The molecule has 2 rings (SSSR count). The number of likely N-dealkylation sites (tertiary alicyclic amines) is 1. The first-order valence-electron chi connectivity index (χ1n) is 7.79. The Bertz CT molecular complexity index is 267. The first kappa shape index (κ1) is 14.3. The Hall–Kier alpha value is -0.0800. The van der Waals surface area contributed by atoms with Gasteiger partial charge in [-0.3, -0.25) is 4.90 Å². The van der Waals surface area contributed by atoms with Crippen molar-refractivity contribution in [2.75, 3.05) is 19.6 Å². The second-order valence-electron chi connectivity index (χ2n) is 8.11. The van der Waals surface area contributed by atoms with E-state index in [-0.39, 0.29) is 0 Å². The molecule has 1 heterocycles. The zero-order valence-electron chi connectivity index (χ0n) is 13.1. The zero-order chi connectivity index (χ0) is 13.4. The van der Waals surface area contributed by atoms with E-state index in [2.05, 4.69) is 44.8 Å². The highest BCUT2D eigenvalue weighted by Gasteiger charge is 2.41. The molecule has 2 aliphatic rings. The minimum atomic E-state index is 0.517. The fraction of sp³-hybridized carbons (Fsp3) is 1.00. The Labute approximate surface area is 114 Å². The predicted molar refractivity (Wildman–Crippen MR) is 78.9 cm³/mol. The van der Waals surface area contributed by atoms with Crippen molar-refractivity contribution in [1.29, 1.82) is 0 Å². The maximum absolute atomic E-state index is 3.61. The molecule has 1 N–H and O–H groups in total. The number of hydrogen-bond donors (Lipinski definition) is 1. The van der Waals surface area contributed by atoms with Gasteiger partial charge >= 0.3 is 0 Å². The lowest BCUT2D eigenvalue weighted by Gasteiger charge is -2.47. The van der Waals surface area contributed by atoms with Gasteiger partial charge in [-0.05, 0) is 43.1 Å². The lowest BCUT2D eigenvalue weighted by Crippen LogP contribution is -2.46. The average Bonchev–Trinajstić information content (AvgIpc) is 2.62. The number of likely N-dealkylation sites (N-methyl/N-ethyl adjacent to an activating group) is 1. The van der Waals surface area contributed by atoms with Crippen molar-refractivity contribution in [3.8, 4) is 0 Å². The second-order valence-corrected chi connectivity index (χ2v) is 8.11. The van der Waals surface area contributed by atoms with E-state index in [0.717, 1.165) is 18.6 Å². The highest BCUT2D eigenvalue weighted by atomic mass is 15.2. The Kier molecular flexibility index (Phi) is 4.08. The molecule has 0 spiro atoms. The van der Waals surface area contributed by atoms with E-state index in [0.29, 0.717) is 10.8 Å². The van der Waals surface area contributed by atoms with E-state index < -0.39 is 0 Å². The smallest absolute Gasteiger partial charge is 0.0207 e. The van der Waals surface area contributed by atoms with Crippen LogP contribution in [0.5, 0.6) is 0 Å². The van der Waals surface area contributed by atoms with Crippen LogP contribution in [0.4, 0.5) is 0 Å². The van der Waals surface area contributed by atoms with Gasteiger partial charge in [-0.15, -0.1) is 0 Å². The monoisotopic (exact) mass is 252 g/mol. The molecule has 0 amide bonds. The maximum atomic E-state index is 3.61. The van der Waals surface area contributed by atoms with Crippen LogP contribution in [-0.2, 0) is 0 Å². The van der Waals surface area contributed by atoms with Crippen LogP contribution in [-0.4, -0.2) is 36.6 Å². The van der Waals surface area contributed by atoms with Crippen LogP contribution in [0.1, 0.15) is 60.3 Å². The molecule has 1 unspecified atom stereocenters. The number of nitrogens with zero attached hydrogens (tertiary/aromatic N) is 1. The van der Waals surface area contributed by atoms with Gasteiger partial charge in [0.2, 0.25) is 0 Å². The van der Waals surface area contributed by atoms with Crippen molar-refractivity contribution in [3.05, 3.63) is 0 Å². The van der Waals surface area contributed by atoms with Gasteiger partial charge in [0, 0.05) is 25.2 Å². The van der Waals surface area contributed by atoms with Crippen molar-refractivity contribution >= 4 is 0 Å². The topological polar surface area (TPSA) is 15.3 Å². The summed E-state index contributed by atoms with van der Waals surface area (Å²) in [5.74, 6) is 0. The van der Waals surface area contributed by atoms with Crippen LogP contribution in [0.3, 0.4) is 0 Å². The normalized spacial score (nSPS) is 32.8. The molecule has 1 atom stereocenters. The first-order valence-corrected chi connectivity index (χ1v) is 7.79. The predicted octanol–water partition coefficient (Wildman–Crippen LogP) is 3.28. The number of nitrogens with one attached hydrogen (secondary N) is 1. The Morgan fingerprint density at radius 3 is 2.28 bits per heavy atom. The van der Waals surface area contributed by atoms with Gasteiger partial charge in [-0.2, -0.15) is 0 Å². The number of hydrogen-bond acceptors (Lipinski definition) is 2. The van der Waals surface area contributed by atoms with E-state index >= 15 is 0 Å². The third kappa shape index (κ3) is 3.48. The van der Waals surface area contributed by atoms with Crippen LogP contribution in [0.2, 0.25) is 0 Å². The minimum absolute atomic E-state index is 0.517. The molecule has 0 aromatic rings. The van der Waals surface area contributed by atoms with Gasteiger partial charge in [0.25, 0.3) is 0 Å². The van der Waals surface area contributed by atoms with Gasteiger partial charge in [-0.1, -0.05) is 34.6 Å². The summed E-state index contributed by atoms with van der Waals surface area (Å²) < 4.78 is 0. The molecule has 0 aromatic heterocycles. The fourth-order valence-corrected chi connectivity index (χ4v) is 4.62. The molecule has 1 aliphatic carbocycles. The summed E-state index contributed by atoms with van der Waals surface area (Å²) in [5.41, 5.74) is 1.03. The summed E-state index contributed by atoms with van der Waals surface area (Å²) in [6, 6.07) is 1.55. The lowest BCUT2D eigenvalue weighted by atomic mass is 9.63. The summed E-state index contributed by atoms with van der Waals surface area (Å²) in [4.78, 5) is 2.76. The summed E-state index contributed by atoms with van der Waals surface area (Å²) in [7, 11) is 0. The molecule has 0 bridgehead atoms. The molecule has 2 heteroatoms. The maximum Gasteiger partial charge on any atom is 0.0207 e. The molecule has 0 aromatic carbocycles. The van der Waals surface area contributed by atoms with Crippen LogP contribution in [0, 0.1) is 10.8 Å².